The maximum atomic E-state index is 11.6. The van der Waals surface area contributed by atoms with Crippen molar-refractivity contribution in [1.29, 1.82) is 0 Å². The van der Waals surface area contributed by atoms with Crippen LogP contribution in [0.4, 0.5) is 0 Å². The Hall–Kier alpha value is -1.77. The van der Waals surface area contributed by atoms with Gasteiger partial charge >= 0.3 is 5.97 Å². The molecule has 112 valence electrons. The van der Waals surface area contributed by atoms with E-state index in [2.05, 4.69) is 6.92 Å². The molecule has 3 rings (SSSR count). The van der Waals surface area contributed by atoms with Crippen molar-refractivity contribution in [2.45, 2.75) is 44.9 Å². The fourth-order valence-electron chi connectivity index (χ4n) is 3.72. The minimum Gasteiger partial charge on any atom is -0.481 e. The molecule has 2 aromatic rings. The Bertz CT molecular complexity index is 595. The minimum atomic E-state index is -0.685. The SMILES string of the molecule is CCCC1CCC(C(=O)O)C(c2cc3ccccc3o2)C1. The summed E-state index contributed by atoms with van der Waals surface area (Å²) in [6, 6.07) is 9.93. The molecule has 1 aliphatic carbocycles. The van der Waals surface area contributed by atoms with E-state index in [1.807, 2.05) is 30.3 Å². The summed E-state index contributed by atoms with van der Waals surface area (Å²) in [6.07, 6.45) is 5.08. The lowest BCUT2D eigenvalue weighted by Crippen LogP contribution is -2.29. The van der Waals surface area contributed by atoms with Crippen LogP contribution in [0, 0.1) is 11.8 Å². The van der Waals surface area contributed by atoms with Crippen LogP contribution in [0.3, 0.4) is 0 Å². The van der Waals surface area contributed by atoms with Crippen molar-refractivity contribution in [3.8, 4) is 0 Å². The van der Waals surface area contributed by atoms with Crippen molar-refractivity contribution in [2.24, 2.45) is 11.8 Å². The molecule has 21 heavy (non-hydrogen) atoms. The molecule has 1 fully saturated rings. The van der Waals surface area contributed by atoms with Crippen LogP contribution in [0.15, 0.2) is 34.7 Å². The van der Waals surface area contributed by atoms with E-state index in [0.717, 1.165) is 42.4 Å². The molecular formula is C18H22O3. The van der Waals surface area contributed by atoms with Crippen LogP contribution in [0.2, 0.25) is 0 Å². The summed E-state index contributed by atoms with van der Waals surface area (Å²) in [5, 5.41) is 10.6. The maximum absolute atomic E-state index is 11.6. The summed E-state index contributed by atoms with van der Waals surface area (Å²) < 4.78 is 5.95. The number of carbonyl (C=O) groups is 1. The Kier molecular flexibility index (Phi) is 4.00. The van der Waals surface area contributed by atoms with Crippen LogP contribution in [-0.4, -0.2) is 11.1 Å². The Morgan fingerprint density at radius 1 is 1.33 bits per heavy atom. The average molecular weight is 286 g/mol. The Morgan fingerprint density at radius 3 is 2.86 bits per heavy atom. The van der Waals surface area contributed by atoms with E-state index < -0.39 is 5.97 Å². The van der Waals surface area contributed by atoms with Crippen LogP contribution in [0.5, 0.6) is 0 Å². The molecule has 1 saturated carbocycles. The molecule has 0 saturated heterocycles. The number of fused-ring (bicyclic) bond motifs is 1. The highest BCUT2D eigenvalue weighted by molar-refractivity contribution is 5.78. The van der Waals surface area contributed by atoms with Crippen LogP contribution < -0.4 is 0 Å². The standard InChI is InChI=1S/C18H22O3/c1-2-5-12-8-9-14(18(19)20)15(10-12)17-11-13-6-3-4-7-16(13)21-17/h3-4,6-7,11-12,14-15H,2,5,8-10H2,1H3,(H,19,20). The third-order valence-corrected chi connectivity index (χ3v) is 4.78. The Balaban J connectivity index is 1.92. The third kappa shape index (κ3) is 2.82. The second-order valence-corrected chi connectivity index (χ2v) is 6.21. The van der Waals surface area contributed by atoms with E-state index in [4.69, 9.17) is 4.42 Å². The first-order valence-corrected chi connectivity index (χ1v) is 7.90. The highest BCUT2D eigenvalue weighted by Crippen LogP contribution is 2.43. The van der Waals surface area contributed by atoms with Crippen molar-refractivity contribution in [2.75, 3.05) is 0 Å². The molecule has 3 nitrogen and oxygen atoms in total. The van der Waals surface area contributed by atoms with Crippen molar-refractivity contribution in [1.82, 2.24) is 0 Å². The van der Waals surface area contributed by atoms with Crippen molar-refractivity contribution < 1.29 is 14.3 Å². The maximum Gasteiger partial charge on any atom is 0.307 e. The van der Waals surface area contributed by atoms with E-state index in [1.165, 1.54) is 6.42 Å². The van der Waals surface area contributed by atoms with Gasteiger partial charge in [0.15, 0.2) is 0 Å². The van der Waals surface area contributed by atoms with Gasteiger partial charge < -0.3 is 9.52 Å². The predicted molar refractivity (Wildman–Crippen MR) is 82.3 cm³/mol. The Morgan fingerprint density at radius 2 is 2.14 bits per heavy atom. The topological polar surface area (TPSA) is 50.4 Å². The number of benzene rings is 1. The van der Waals surface area contributed by atoms with Gasteiger partial charge in [0.2, 0.25) is 0 Å². The molecule has 0 radical (unpaired) electrons. The number of para-hydroxylation sites is 1. The number of hydrogen-bond donors (Lipinski definition) is 1. The van der Waals surface area contributed by atoms with Crippen LogP contribution in [-0.2, 0) is 4.79 Å². The van der Waals surface area contributed by atoms with Gasteiger partial charge in [0.1, 0.15) is 11.3 Å². The zero-order valence-corrected chi connectivity index (χ0v) is 12.4. The van der Waals surface area contributed by atoms with Crippen LogP contribution in [0.1, 0.15) is 50.7 Å². The molecule has 1 aromatic carbocycles. The molecule has 1 aliphatic rings. The van der Waals surface area contributed by atoms with Gasteiger partial charge in [-0.05, 0) is 37.3 Å². The Labute approximate surface area is 125 Å². The monoisotopic (exact) mass is 286 g/mol. The average Bonchev–Trinajstić information content (AvgIpc) is 2.91. The molecule has 1 aromatic heterocycles. The van der Waals surface area contributed by atoms with E-state index in [9.17, 15) is 9.90 Å². The van der Waals surface area contributed by atoms with E-state index >= 15 is 0 Å². The second kappa shape index (κ2) is 5.92. The van der Waals surface area contributed by atoms with E-state index in [1.54, 1.807) is 0 Å². The van der Waals surface area contributed by atoms with Gasteiger partial charge in [-0.1, -0.05) is 38.0 Å². The molecule has 1 N–H and O–H groups in total. The summed E-state index contributed by atoms with van der Waals surface area (Å²) in [5.41, 5.74) is 0.856. The minimum absolute atomic E-state index is 0.0141. The fraction of sp³-hybridized carbons (Fsp3) is 0.500. The summed E-state index contributed by atoms with van der Waals surface area (Å²) in [6.45, 7) is 2.19. The van der Waals surface area contributed by atoms with Gasteiger partial charge in [0.25, 0.3) is 0 Å². The number of carboxylic acid groups (broad SMARTS) is 1. The highest BCUT2D eigenvalue weighted by Gasteiger charge is 2.37. The van der Waals surface area contributed by atoms with E-state index in [-0.39, 0.29) is 11.8 Å². The molecule has 3 atom stereocenters. The van der Waals surface area contributed by atoms with Crippen molar-refractivity contribution in [3.05, 3.63) is 36.1 Å². The normalized spacial score (nSPS) is 26.0. The van der Waals surface area contributed by atoms with Crippen molar-refractivity contribution >= 4 is 16.9 Å². The van der Waals surface area contributed by atoms with Gasteiger partial charge in [-0.25, -0.2) is 0 Å². The molecule has 1 heterocycles. The first kappa shape index (κ1) is 14.2. The lowest BCUT2D eigenvalue weighted by atomic mass is 9.72. The van der Waals surface area contributed by atoms with Gasteiger partial charge in [-0.2, -0.15) is 0 Å². The number of rotatable bonds is 4. The summed E-state index contributed by atoms with van der Waals surface area (Å²) in [4.78, 5) is 11.6. The lowest BCUT2D eigenvalue weighted by Gasteiger charge is -2.32. The molecule has 0 bridgehead atoms. The molecule has 0 amide bonds. The smallest absolute Gasteiger partial charge is 0.307 e. The third-order valence-electron chi connectivity index (χ3n) is 4.78. The fourth-order valence-corrected chi connectivity index (χ4v) is 3.72. The summed E-state index contributed by atoms with van der Waals surface area (Å²) in [7, 11) is 0. The molecule has 0 spiro atoms. The molecule has 0 aliphatic heterocycles. The van der Waals surface area contributed by atoms with Gasteiger partial charge in [0, 0.05) is 11.3 Å². The molecular weight excluding hydrogens is 264 g/mol. The summed E-state index contributed by atoms with van der Waals surface area (Å²) >= 11 is 0. The van der Waals surface area contributed by atoms with Crippen LogP contribution in [0.25, 0.3) is 11.0 Å². The van der Waals surface area contributed by atoms with Gasteiger partial charge in [0.05, 0.1) is 5.92 Å². The van der Waals surface area contributed by atoms with Gasteiger partial charge in [-0.3, -0.25) is 4.79 Å². The zero-order valence-electron chi connectivity index (χ0n) is 12.4. The quantitative estimate of drug-likeness (QED) is 0.876. The highest BCUT2D eigenvalue weighted by atomic mass is 16.4. The first-order valence-electron chi connectivity index (χ1n) is 7.90. The second-order valence-electron chi connectivity index (χ2n) is 6.21. The predicted octanol–water partition coefficient (Wildman–Crippen LogP) is 4.82. The van der Waals surface area contributed by atoms with Gasteiger partial charge in [-0.15, -0.1) is 0 Å². The summed E-state index contributed by atoms with van der Waals surface area (Å²) in [5.74, 6) is 0.502. The number of carboxylic acids is 1. The number of aliphatic carboxylic acids is 1. The van der Waals surface area contributed by atoms with E-state index in [0.29, 0.717) is 5.92 Å². The largest absolute Gasteiger partial charge is 0.481 e. The van der Waals surface area contributed by atoms with Crippen LogP contribution >= 0.6 is 0 Å². The molecule has 3 heteroatoms. The zero-order chi connectivity index (χ0) is 14.8. The first-order chi connectivity index (χ1) is 10.2. The molecule has 3 unspecified atom stereocenters. The lowest BCUT2D eigenvalue weighted by molar-refractivity contribution is -0.144. The number of hydrogen-bond acceptors (Lipinski definition) is 2. The number of furan rings is 1. The van der Waals surface area contributed by atoms with Crippen molar-refractivity contribution in [3.63, 3.8) is 0 Å².